The monoisotopic (exact) mass is 210 g/mol. The molecular formula is C12H22N2O. The van der Waals surface area contributed by atoms with Crippen LogP contribution in [-0.4, -0.2) is 36.0 Å². The summed E-state index contributed by atoms with van der Waals surface area (Å²) in [7, 11) is 0. The number of piperazine rings is 1. The maximum atomic E-state index is 12.1. The van der Waals surface area contributed by atoms with Gasteiger partial charge >= 0.3 is 0 Å². The van der Waals surface area contributed by atoms with E-state index in [0.29, 0.717) is 23.9 Å². The fourth-order valence-corrected chi connectivity index (χ4v) is 2.47. The first-order valence-electron chi connectivity index (χ1n) is 6.21. The van der Waals surface area contributed by atoms with Gasteiger partial charge in [-0.3, -0.25) is 4.79 Å². The lowest BCUT2D eigenvalue weighted by Crippen LogP contribution is -2.57. The van der Waals surface area contributed by atoms with E-state index in [2.05, 4.69) is 24.1 Å². The molecule has 1 heterocycles. The van der Waals surface area contributed by atoms with E-state index in [1.54, 1.807) is 0 Å². The van der Waals surface area contributed by atoms with Crippen molar-refractivity contribution in [3.05, 3.63) is 0 Å². The summed E-state index contributed by atoms with van der Waals surface area (Å²) < 4.78 is 0. The quantitative estimate of drug-likeness (QED) is 0.747. The van der Waals surface area contributed by atoms with Crippen molar-refractivity contribution in [3.8, 4) is 0 Å². The lowest BCUT2D eigenvalue weighted by Gasteiger charge is -2.40. The molecule has 1 saturated carbocycles. The minimum atomic E-state index is 0.353. The van der Waals surface area contributed by atoms with E-state index in [9.17, 15) is 4.79 Å². The van der Waals surface area contributed by atoms with Crippen LogP contribution in [-0.2, 0) is 4.79 Å². The summed E-state index contributed by atoms with van der Waals surface area (Å²) in [6.45, 7) is 6.14. The van der Waals surface area contributed by atoms with E-state index in [-0.39, 0.29) is 0 Å². The Morgan fingerprint density at radius 2 is 2.13 bits per heavy atom. The van der Waals surface area contributed by atoms with Crippen molar-refractivity contribution in [2.24, 2.45) is 5.92 Å². The molecule has 1 N–H and O–H groups in total. The van der Waals surface area contributed by atoms with Crippen molar-refractivity contribution in [1.82, 2.24) is 10.2 Å². The molecule has 2 aliphatic rings. The number of nitrogens with one attached hydrogen (secondary N) is 1. The molecule has 3 heteroatoms. The Morgan fingerprint density at radius 1 is 1.40 bits per heavy atom. The Bertz CT molecular complexity index is 238. The maximum absolute atomic E-state index is 12.1. The second-order valence-electron chi connectivity index (χ2n) is 5.07. The summed E-state index contributed by atoms with van der Waals surface area (Å²) in [4.78, 5) is 14.1. The van der Waals surface area contributed by atoms with Gasteiger partial charge in [0.05, 0.1) is 0 Å². The van der Waals surface area contributed by atoms with Gasteiger partial charge in [0.15, 0.2) is 0 Å². The van der Waals surface area contributed by atoms with Crippen LogP contribution in [0, 0.1) is 5.92 Å². The summed E-state index contributed by atoms with van der Waals surface area (Å²) in [6.07, 6.45) is 4.64. The first-order valence-corrected chi connectivity index (χ1v) is 6.21. The van der Waals surface area contributed by atoms with Crippen LogP contribution in [0.15, 0.2) is 0 Å². The largest absolute Gasteiger partial charge is 0.337 e. The third kappa shape index (κ3) is 2.33. The number of nitrogens with zero attached hydrogens (tertiary/aromatic N) is 1. The van der Waals surface area contributed by atoms with Crippen LogP contribution in [0.2, 0.25) is 0 Å². The highest BCUT2D eigenvalue weighted by Gasteiger charge is 2.30. The third-order valence-corrected chi connectivity index (χ3v) is 4.04. The standard InChI is InChI=1S/C12H22N2O/c1-9-10(2)14(7-6-13-9)12(15)8-11-4-3-5-11/h9-11,13H,3-8H2,1-2H3. The number of rotatable bonds is 2. The van der Waals surface area contributed by atoms with Crippen LogP contribution in [0.3, 0.4) is 0 Å². The van der Waals surface area contributed by atoms with Crippen molar-refractivity contribution < 1.29 is 4.79 Å². The zero-order chi connectivity index (χ0) is 10.8. The number of carbonyl (C=O) groups excluding carboxylic acids is 1. The second-order valence-corrected chi connectivity index (χ2v) is 5.07. The maximum Gasteiger partial charge on any atom is 0.223 e. The van der Waals surface area contributed by atoms with Gasteiger partial charge in [-0.05, 0) is 32.6 Å². The minimum Gasteiger partial charge on any atom is -0.337 e. The molecule has 0 aromatic heterocycles. The zero-order valence-corrected chi connectivity index (χ0v) is 9.83. The molecule has 0 radical (unpaired) electrons. The van der Waals surface area contributed by atoms with Crippen molar-refractivity contribution in [3.63, 3.8) is 0 Å². The molecule has 15 heavy (non-hydrogen) atoms. The number of carbonyl (C=O) groups is 1. The third-order valence-electron chi connectivity index (χ3n) is 4.04. The average Bonchev–Trinajstić information content (AvgIpc) is 2.15. The molecule has 3 nitrogen and oxygen atoms in total. The van der Waals surface area contributed by atoms with Crippen LogP contribution in [0.25, 0.3) is 0 Å². The van der Waals surface area contributed by atoms with Crippen LogP contribution < -0.4 is 5.32 Å². The van der Waals surface area contributed by atoms with Crippen molar-refractivity contribution >= 4 is 5.91 Å². The van der Waals surface area contributed by atoms with Gasteiger partial charge in [-0.1, -0.05) is 6.42 Å². The van der Waals surface area contributed by atoms with Gasteiger partial charge in [0.25, 0.3) is 0 Å². The van der Waals surface area contributed by atoms with E-state index < -0.39 is 0 Å². The molecule has 1 saturated heterocycles. The molecule has 2 fully saturated rings. The van der Waals surface area contributed by atoms with Crippen LogP contribution in [0.4, 0.5) is 0 Å². The molecule has 1 amide bonds. The summed E-state index contributed by atoms with van der Waals surface area (Å²) in [5, 5.41) is 3.40. The van der Waals surface area contributed by atoms with Gasteiger partial charge in [-0.2, -0.15) is 0 Å². The SMILES string of the molecule is CC1NCCN(C(=O)CC2CCC2)C1C. The fraction of sp³-hybridized carbons (Fsp3) is 0.917. The highest BCUT2D eigenvalue weighted by atomic mass is 16.2. The molecule has 1 aliphatic carbocycles. The van der Waals surface area contributed by atoms with E-state index in [4.69, 9.17) is 0 Å². The number of hydrogen-bond donors (Lipinski definition) is 1. The molecule has 0 aromatic rings. The summed E-state index contributed by atoms with van der Waals surface area (Å²) in [6, 6.07) is 0.787. The smallest absolute Gasteiger partial charge is 0.223 e. The Morgan fingerprint density at radius 3 is 2.73 bits per heavy atom. The molecule has 0 aromatic carbocycles. The zero-order valence-electron chi connectivity index (χ0n) is 9.83. The van der Waals surface area contributed by atoms with E-state index in [0.717, 1.165) is 19.5 Å². The van der Waals surface area contributed by atoms with E-state index in [1.807, 2.05) is 0 Å². The second kappa shape index (κ2) is 4.52. The van der Waals surface area contributed by atoms with Gasteiger partial charge in [0.1, 0.15) is 0 Å². The Balaban J connectivity index is 1.87. The first-order chi connectivity index (χ1) is 7.18. The first kappa shape index (κ1) is 10.9. The molecule has 2 rings (SSSR count). The Kier molecular flexibility index (Phi) is 3.29. The minimum absolute atomic E-state index is 0.353. The van der Waals surface area contributed by atoms with Crippen molar-refractivity contribution in [2.45, 2.75) is 51.6 Å². The van der Waals surface area contributed by atoms with Crippen molar-refractivity contribution in [2.75, 3.05) is 13.1 Å². The normalized spacial score (nSPS) is 32.5. The predicted molar refractivity (Wildman–Crippen MR) is 60.6 cm³/mol. The number of hydrogen-bond acceptors (Lipinski definition) is 2. The molecule has 2 unspecified atom stereocenters. The van der Waals surface area contributed by atoms with Crippen LogP contribution >= 0.6 is 0 Å². The Labute approximate surface area is 92.2 Å². The van der Waals surface area contributed by atoms with Gasteiger partial charge in [0.2, 0.25) is 5.91 Å². The highest BCUT2D eigenvalue weighted by molar-refractivity contribution is 5.77. The van der Waals surface area contributed by atoms with Crippen molar-refractivity contribution in [1.29, 1.82) is 0 Å². The molecule has 86 valence electrons. The fourth-order valence-electron chi connectivity index (χ4n) is 2.47. The lowest BCUT2D eigenvalue weighted by molar-refractivity contribution is -0.136. The molecule has 0 bridgehead atoms. The van der Waals surface area contributed by atoms with Crippen LogP contribution in [0.5, 0.6) is 0 Å². The summed E-state index contributed by atoms with van der Waals surface area (Å²) in [5.41, 5.74) is 0. The predicted octanol–water partition coefficient (Wildman–Crippen LogP) is 1.39. The molecule has 0 spiro atoms. The lowest BCUT2D eigenvalue weighted by atomic mass is 9.82. The van der Waals surface area contributed by atoms with Gasteiger partial charge in [-0.25, -0.2) is 0 Å². The summed E-state index contributed by atoms with van der Waals surface area (Å²) in [5.74, 6) is 1.07. The number of amides is 1. The van der Waals surface area contributed by atoms with Gasteiger partial charge in [-0.15, -0.1) is 0 Å². The molecule has 2 atom stereocenters. The topological polar surface area (TPSA) is 32.3 Å². The average molecular weight is 210 g/mol. The van der Waals surface area contributed by atoms with E-state index in [1.165, 1.54) is 19.3 Å². The highest BCUT2D eigenvalue weighted by Crippen LogP contribution is 2.30. The van der Waals surface area contributed by atoms with Gasteiger partial charge in [0, 0.05) is 31.6 Å². The van der Waals surface area contributed by atoms with E-state index >= 15 is 0 Å². The summed E-state index contributed by atoms with van der Waals surface area (Å²) >= 11 is 0. The van der Waals surface area contributed by atoms with Crippen LogP contribution in [0.1, 0.15) is 39.5 Å². The Hall–Kier alpha value is -0.570. The van der Waals surface area contributed by atoms with Gasteiger partial charge < -0.3 is 10.2 Å². The molecular weight excluding hydrogens is 188 g/mol. The molecule has 1 aliphatic heterocycles.